The second-order valence-electron chi connectivity index (χ2n) is 3.85. The summed E-state index contributed by atoms with van der Waals surface area (Å²) in [6.45, 7) is 3.16. The third-order valence-corrected chi connectivity index (χ3v) is 2.56. The van der Waals surface area contributed by atoms with Crippen LogP contribution < -0.4 is 5.32 Å². The molecule has 1 atom stereocenters. The Hall–Kier alpha value is -1.88. The number of rotatable bonds is 4. The van der Waals surface area contributed by atoms with E-state index in [-0.39, 0.29) is 0 Å². The predicted molar refractivity (Wildman–Crippen MR) is 61.9 cm³/mol. The number of carbonyl (C=O) groups is 2. The van der Waals surface area contributed by atoms with Crippen LogP contribution in [0.2, 0.25) is 0 Å². The maximum absolute atomic E-state index is 11.7. The van der Waals surface area contributed by atoms with Crippen LogP contribution >= 0.6 is 0 Å². The minimum atomic E-state index is -1.27. The van der Waals surface area contributed by atoms with E-state index in [0.717, 1.165) is 11.1 Å². The van der Waals surface area contributed by atoms with Crippen molar-refractivity contribution in [1.29, 1.82) is 0 Å². The van der Waals surface area contributed by atoms with Crippen molar-refractivity contribution in [3.63, 3.8) is 0 Å². The largest absolute Gasteiger partial charge is 0.480 e. The average Bonchev–Trinajstić information content (AvgIpc) is 2.28. The number of aryl methyl sites for hydroxylation is 2. The molecular formula is C12H15NO4. The number of carboxylic acids is 1. The van der Waals surface area contributed by atoms with Crippen molar-refractivity contribution in [2.45, 2.75) is 19.9 Å². The summed E-state index contributed by atoms with van der Waals surface area (Å²) in [7, 11) is 0. The first-order chi connectivity index (χ1) is 7.95. The van der Waals surface area contributed by atoms with Crippen LogP contribution in [0.25, 0.3) is 0 Å². The Bertz CT molecular complexity index is 442. The quantitative estimate of drug-likeness (QED) is 0.710. The van der Waals surface area contributed by atoms with E-state index >= 15 is 0 Å². The molecule has 0 aliphatic rings. The number of benzene rings is 1. The third kappa shape index (κ3) is 3.29. The van der Waals surface area contributed by atoms with Crippen LogP contribution in [0.1, 0.15) is 21.5 Å². The standard InChI is InChI=1S/C12H15NO4/c1-7-3-4-9(5-8(7)2)11(15)13-10(6-14)12(16)17/h3-5,10,14H,6H2,1-2H3,(H,13,15)(H,16,17)/t10-/m0/s1. The summed E-state index contributed by atoms with van der Waals surface area (Å²) in [5.41, 5.74) is 2.39. The van der Waals surface area contributed by atoms with Gasteiger partial charge in [0.1, 0.15) is 0 Å². The van der Waals surface area contributed by atoms with Gasteiger partial charge in [-0.2, -0.15) is 0 Å². The molecule has 0 spiro atoms. The summed E-state index contributed by atoms with van der Waals surface area (Å²) in [6.07, 6.45) is 0. The highest BCUT2D eigenvalue weighted by Gasteiger charge is 2.19. The Kier molecular flexibility index (Phi) is 4.23. The van der Waals surface area contributed by atoms with Crippen molar-refractivity contribution in [2.75, 3.05) is 6.61 Å². The van der Waals surface area contributed by atoms with Gasteiger partial charge in [0.15, 0.2) is 6.04 Å². The van der Waals surface area contributed by atoms with Gasteiger partial charge in [-0.15, -0.1) is 0 Å². The number of nitrogens with one attached hydrogen (secondary N) is 1. The molecule has 0 aromatic heterocycles. The molecule has 0 unspecified atom stereocenters. The number of amides is 1. The van der Waals surface area contributed by atoms with Gasteiger partial charge >= 0.3 is 5.97 Å². The lowest BCUT2D eigenvalue weighted by molar-refractivity contribution is -0.140. The molecule has 0 saturated carbocycles. The normalized spacial score (nSPS) is 11.9. The second kappa shape index (κ2) is 5.45. The number of carboxylic acid groups (broad SMARTS) is 1. The first-order valence-corrected chi connectivity index (χ1v) is 5.17. The fraction of sp³-hybridized carbons (Fsp3) is 0.333. The Labute approximate surface area is 99.1 Å². The maximum atomic E-state index is 11.7. The maximum Gasteiger partial charge on any atom is 0.328 e. The Morgan fingerprint density at radius 3 is 2.41 bits per heavy atom. The summed E-state index contributed by atoms with van der Waals surface area (Å²) >= 11 is 0. The molecular weight excluding hydrogens is 222 g/mol. The predicted octanol–water partition coefficient (Wildman–Crippen LogP) is 0.479. The van der Waals surface area contributed by atoms with Crippen LogP contribution in [0.15, 0.2) is 18.2 Å². The lowest BCUT2D eigenvalue weighted by Gasteiger charge is -2.12. The van der Waals surface area contributed by atoms with Gasteiger partial charge in [0.05, 0.1) is 6.61 Å². The summed E-state index contributed by atoms with van der Waals surface area (Å²) < 4.78 is 0. The zero-order chi connectivity index (χ0) is 13.0. The lowest BCUT2D eigenvalue weighted by Crippen LogP contribution is -2.43. The van der Waals surface area contributed by atoms with Gasteiger partial charge in [-0.1, -0.05) is 6.07 Å². The molecule has 3 N–H and O–H groups in total. The van der Waals surface area contributed by atoms with Crippen LogP contribution in [-0.4, -0.2) is 34.7 Å². The highest BCUT2D eigenvalue weighted by atomic mass is 16.4. The highest BCUT2D eigenvalue weighted by Crippen LogP contribution is 2.09. The van der Waals surface area contributed by atoms with E-state index in [0.29, 0.717) is 5.56 Å². The van der Waals surface area contributed by atoms with Gasteiger partial charge in [-0.3, -0.25) is 4.79 Å². The van der Waals surface area contributed by atoms with Crippen LogP contribution in [0.5, 0.6) is 0 Å². The van der Waals surface area contributed by atoms with Gasteiger partial charge < -0.3 is 15.5 Å². The number of hydrogen-bond donors (Lipinski definition) is 3. The van der Waals surface area contributed by atoms with E-state index in [4.69, 9.17) is 10.2 Å². The van der Waals surface area contributed by atoms with Crippen molar-refractivity contribution < 1.29 is 19.8 Å². The molecule has 5 heteroatoms. The van der Waals surface area contributed by atoms with Gasteiger partial charge in [0, 0.05) is 5.56 Å². The van der Waals surface area contributed by atoms with E-state index in [2.05, 4.69) is 5.32 Å². The molecule has 5 nitrogen and oxygen atoms in total. The number of aliphatic hydroxyl groups excluding tert-OH is 1. The number of carbonyl (C=O) groups excluding carboxylic acids is 1. The Balaban J connectivity index is 2.82. The van der Waals surface area contributed by atoms with Crippen LogP contribution in [0, 0.1) is 13.8 Å². The van der Waals surface area contributed by atoms with Gasteiger partial charge in [0.25, 0.3) is 5.91 Å². The molecule has 1 rings (SSSR count). The summed E-state index contributed by atoms with van der Waals surface area (Å²) in [5.74, 6) is -1.76. The van der Waals surface area contributed by atoms with E-state index in [1.165, 1.54) is 0 Å². The van der Waals surface area contributed by atoms with Gasteiger partial charge in [-0.25, -0.2) is 4.79 Å². The SMILES string of the molecule is Cc1ccc(C(=O)N[C@@H](CO)C(=O)O)cc1C. The Morgan fingerprint density at radius 2 is 1.94 bits per heavy atom. The van der Waals surface area contributed by atoms with Crippen molar-refractivity contribution in [3.05, 3.63) is 34.9 Å². The minimum absolute atomic E-state index is 0.382. The summed E-state index contributed by atoms with van der Waals surface area (Å²) in [6, 6.07) is 3.82. The topological polar surface area (TPSA) is 86.6 Å². The summed E-state index contributed by atoms with van der Waals surface area (Å²) in [4.78, 5) is 22.3. The molecule has 0 heterocycles. The Morgan fingerprint density at radius 1 is 1.29 bits per heavy atom. The molecule has 0 radical (unpaired) electrons. The van der Waals surface area contributed by atoms with Gasteiger partial charge in [0.2, 0.25) is 0 Å². The van der Waals surface area contributed by atoms with E-state index in [9.17, 15) is 9.59 Å². The van der Waals surface area contributed by atoms with Crippen LogP contribution in [0.3, 0.4) is 0 Å². The molecule has 1 aromatic carbocycles. The molecule has 92 valence electrons. The first kappa shape index (κ1) is 13.2. The number of aliphatic hydroxyl groups is 1. The average molecular weight is 237 g/mol. The van der Waals surface area contributed by atoms with Crippen molar-refractivity contribution in [3.8, 4) is 0 Å². The zero-order valence-corrected chi connectivity index (χ0v) is 9.73. The van der Waals surface area contributed by atoms with Crippen LogP contribution in [-0.2, 0) is 4.79 Å². The minimum Gasteiger partial charge on any atom is -0.480 e. The van der Waals surface area contributed by atoms with E-state index in [1.807, 2.05) is 13.8 Å². The lowest BCUT2D eigenvalue weighted by atomic mass is 10.1. The van der Waals surface area contributed by atoms with Crippen molar-refractivity contribution in [2.24, 2.45) is 0 Å². The molecule has 17 heavy (non-hydrogen) atoms. The van der Waals surface area contributed by atoms with Crippen LogP contribution in [0.4, 0.5) is 0 Å². The van der Waals surface area contributed by atoms with Crippen molar-refractivity contribution in [1.82, 2.24) is 5.32 Å². The van der Waals surface area contributed by atoms with Crippen molar-refractivity contribution >= 4 is 11.9 Å². The molecule has 0 saturated heterocycles. The fourth-order valence-corrected chi connectivity index (χ4v) is 1.31. The first-order valence-electron chi connectivity index (χ1n) is 5.17. The highest BCUT2D eigenvalue weighted by molar-refractivity contribution is 5.96. The molecule has 0 aliphatic carbocycles. The second-order valence-corrected chi connectivity index (χ2v) is 3.85. The van der Waals surface area contributed by atoms with E-state index in [1.54, 1.807) is 18.2 Å². The summed E-state index contributed by atoms with van der Waals surface area (Å²) in [5, 5.41) is 19.7. The molecule has 0 bridgehead atoms. The van der Waals surface area contributed by atoms with Gasteiger partial charge in [-0.05, 0) is 37.1 Å². The molecule has 0 fully saturated rings. The monoisotopic (exact) mass is 237 g/mol. The molecule has 1 amide bonds. The number of hydrogen-bond acceptors (Lipinski definition) is 3. The fourth-order valence-electron chi connectivity index (χ4n) is 1.31. The number of aliphatic carboxylic acids is 1. The third-order valence-electron chi connectivity index (χ3n) is 2.56. The smallest absolute Gasteiger partial charge is 0.328 e. The zero-order valence-electron chi connectivity index (χ0n) is 9.73. The van der Waals surface area contributed by atoms with E-state index < -0.39 is 24.5 Å². The molecule has 1 aromatic rings. The molecule has 0 aliphatic heterocycles.